The van der Waals surface area contributed by atoms with Gasteiger partial charge in [-0.2, -0.15) is 0 Å². The van der Waals surface area contributed by atoms with Crippen molar-refractivity contribution < 1.29 is 4.79 Å². The second-order valence-corrected chi connectivity index (χ2v) is 4.54. The Morgan fingerprint density at radius 2 is 1.85 bits per heavy atom. The van der Waals surface area contributed by atoms with Crippen LogP contribution in [0.3, 0.4) is 0 Å². The molecule has 74 valence electrons. The Morgan fingerprint density at radius 1 is 1.15 bits per heavy atom. The van der Waals surface area contributed by atoms with E-state index in [1.54, 1.807) is 0 Å². The number of carbonyl (C=O) groups excluding carboxylic acids is 1. The molecule has 0 aromatic carbocycles. The third-order valence-corrected chi connectivity index (χ3v) is 3.83. The second-order valence-electron chi connectivity index (χ2n) is 4.54. The van der Waals surface area contributed by atoms with Crippen molar-refractivity contribution in [2.24, 2.45) is 0 Å². The molecule has 2 rings (SSSR count). The van der Waals surface area contributed by atoms with Gasteiger partial charge in [0, 0.05) is 6.42 Å². The van der Waals surface area contributed by atoms with E-state index in [0.717, 1.165) is 32.2 Å². The summed E-state index contributed by atoms with van der Waals surface area (Å²) in [4.78, 5) is 14.3. The Morgan fingerprint density at radius 3 is 2.46 bits per heavy atom. The highest BCUT2D eigenvalue weighted by Gasteiger charge is 2.43. The molecule has 0 N–H and O–H groups in total. The Kier molecular flexibility index (Phi) is 2.41. The maximum absolute atomic E-state index is 11.9. The molecule has 1 spiro atoms. The van der Waals surface area contributed by atoms with Crippen LogP contribution in [0.15, 0.2) is 0 Å². The van der Waals surface area contributed by atoms with Crippen LogP contribution in [0.1, 0.15) is 44.9 Å². The molecule has 2 heteroatoms. The highest BCUT2D eigenvalue weighted by molar-refractivity contribution is 5.89. The first-order valence-electron chi connectivity index (χ1n) is 5.50. The molecule has 1 heterocycles. The third-order valence-electron chi connectivity index (χ3n) is 3.83. The average Bonchev–Trinajstić information content (AvgIpc) is 2.16. The molecule has 0 atom stereocenters. The van der Waals surface area contributed by atoms with E-state index in [2.05, 4.69) is 11.9 Å². The summed E-state index contributed by atoms with van der Waals surface area (Å²) < 4.78 is 0. The number of likely N-dealkylation sites (N-methyl/N-ethyl adjacent to an activating group) is 1. The lowest BCUT2D eigenvalue weighted by Gasteiger charge is -2.46. The molecular formula is C11H19NO. The predicted molar refractivity (Wildman–Crippen MR) is 52.7 cm³/mol. The van der Waals surface area contributed by atoms with Crippen molar-refractivity contribution in [2.75, 3.05) is 13.6 Å². The number of ketones is 1. The Hall–Kier alpha value is -0.370. The first-order chi connectivity index (χ1) is 6.26. The lowest BCUT2D eigenvalue weighted by Crippen LogP contribution is -2.57. The van der Waals surface area contributed by atoms with Crippen LogP contribution in [0.5, 0.6) is 0 Å². The summed E-state index contributed by atoms with van der Waals surface area (Å²) in [5.74, 6) is 0.515. The first kappa shape index (κ1) is 9.20. The SMILES string of the molecule is CN1CCCC(=O)C12CCCCC2. The largest absolute Gasteiger partial charge is 0.298 e. The van der Waals surface area contributed by atoms with E-state index < -0.39 is 0 Å². The van der Waals surface area contributed by atoms with Crippen molar-refractivity contribution in [3.05, 3.63) is 0 Å². The van der Waals surface area contributed by atoms with E-state index in [1.807, 2.05) is 0 Å². The molecular weight excluding hydrogens is 162 g/mol. The van der Waals surface area contributed by atoms with Crippen molar-refractivity contribution in [2.45, 2.75) is 50.5 Å². The smallest absolute Gasteiger partial charge is 0.153 e. The van der Waals surface area contributed by atoms with Crippen LogP contribution in [0.2, 0.25) is 0 Å². The fourth-order valence-electron chi connectivity index (χ4n) is 2.93. The van der Waals surface area contributed by atoms with Crippen LogP contribution in [-0.2, 0) is 4.79 Å². The molecule has 0 amide bonds. The molecule has 2 fully saturated rings. The van der Waals surface area contributed by atoms with Gasteiger partial charge in [0.15, 0.2) is 5.78 Å². The summed E-state index contributed by atoms with van der Waals surface area (Å²) >= 11 is 0. The van der Waals surface area contributed by atoms with Gasteiger partial charge in [-0.1, -0.05) is 19.3 Å². The molecule has 13 heavy (non-hydrogen) atoms. The highest BCUT2D eigenvalue weighted by Crippen LogP contribution is 2.37. The Labute approximate surface area is 80.3 Å². The van der Waals surface area contributed by atoms with Crippen molar-refractivity contribution >= 4 is 5.78 Å². The maximum atomic E-state index is 11.9. The highest BCUT2D eigenvalue weighted by atomic mass is 16.1. The number of piperidine rings is 1. The number of likely N-dealkylation sites (tertiary alicyclic amines) is 1. The summed E-state index contributed by atoms with van der Waals surface area (Å²) in [5, 5.41) is 0. The molecule has 0 bridgehead atoms. The van der Waals surface area contributed by atoms with E-state index >= 15 is 0 Å². The van der Waals surface area contributed by atoms with Gasteiger partial charge in [-0.3, -0.25) is 9.69 Å². The van der Waals surface area contributed by atoms with Gasteiger partial charge in [-0.05, 0) is 32.9 Å². The zero-order valence-electron chi connectivity index (χ0n) is 8.51. The van der Waals surface area contributed by atoms with Crippen molar-refractivity contribution in [3.63, 3.8) is 0 Å². The van der Waals surface area contributed by atoms with Gasteiger partial charge in [0.1, 0.15) is 0 Å². The molecule has 0 aromatic heterocycles. The van der Waals surface area contributed by atoms with Gasteiger partial charge in [-0.15, -0.1) is 0 Å². The lowest BCUT2D eigenvalue weighted by atomic mass is 9.74. The Bertz CT molecular complexity index is 206. The Balaban J connectivity index is 2.18. The monoisotopic (exact) mass is 181 g/mol. The molecule has 1 saturated carbocycles. The van der Waals surface area contributed by atoms with E-state index in [0.29, 0.717) is 5.78 Å². The number of hydrogen-bond acceptors (Lipinski definition) is 2. The van der Waals surface area contributed by atoms with Crippen molar-refractivity contribution in [3.8, 4) is 0 Å². The van der Waals surface area contributed by atoms with Gasteiger partial charge in [0.05, 0.1) is 5.54 Å². The summed E-state index contributed by atoms with van der Waals surface area (Å²) in [7, 11) is 2.13. The van der Waals surface area contributed by atoms with E-state index in [-0.39, 0.29) is 5.54 Å². The number of rotatable bonds is 0. The lowest BCUT2D eigenvalue weighted by molar-refractivity contribution is -0.136. The number of Topliss-reactive ketones (excluding diaryl/α,β-unsaturated/α-hetero) is 1. The van der Waals surface area contributed by atoms with E-state index in [9.17, 15) is 4.79 Å². The van der Waals surface area contributed by atoms with Gasteiger partial charge in [-0.25, -0.2) is 0 Å². The molecule has 1 aliphatic heterocycles. The minimum absolute atomic E-state index is 0.0312. The van der Waals surface area contributed by atoms with E-state index in [4.69, 9.17) is 0 Å². The molecule has 0 radical (unpaired) electrons. The fourth-order valence-corrected chi connectivity index (χ4v) is 2.93. The number of hydrogen-bond donors (Lipinski definition) is 0. The van der Waals surface area contributed by atoms with Crippen LogP contribution in [-0.4, -0.2) is 29.8 Å². The van der Waals surface area contributed by atoms with Gasteiger partial charge in [0.2, 0.25) is 0 Å². The quantitative estimate of drug-likeness (QED) is 0.569. The molecule has 1 aliphatic carbocycles. The minimum atomic E-state index is -0.0312. The van der Waals surface area contributed by atoms with E-state index in [1.165, 1.54) is 19.3 Å². The molecule has 0 aromatic rings. The summed E-state index contributed by atoms with van der Waals surface area (Å²) in [6.07, 6.45) is 7.93. The molecule has 1 saturated heterocycles. The molecule has 2 nitrogen and oxygen atoms in total. The zero-order valence-corrected chi connectivity index (χ0v) is 8.51. The second kappa shape index (κ2) is 3.41. The van der Waals surface area contributed by atoms with Crippen LogP contribution < -0.4 is 0 Å². The summed E-state index contributed by atoms with van der Waals surface area (Å²) in [5.41, 5.74) is -0.0312. The van der Waals surface area contributed by atoms with Gasteiger partial charge in [0.25, 0.3) is 0 Å². The zero-order chi connectivity index (χ0) is 9.31. The van der Waals surface area contributed by atoms with Crippen LogP contribution in [0, 0.1) is 0 Å². The van der Waals surface area contributed by atoms with Crippen LogP contribution >= 0.6 is 0 Å². The summed E-state index contributed by atoms with van der Waals surface area (Å²) in [6, 6.07) is 0. The maximum Gasteiger partial charge on any atom is 0.153 e. The molecule has 0 unspecified atom stereocenters. The van der Waals surface area contributed by atoms with Crippen LogP contribution in [0.25, 0.3) is 0 Å². The van der Waals surface area contributed by atoms with Crippen molar-refractivity contribution in [1.82, 2.24) is 4.90 Å². The van der Waals surface area contributed by atoms with Crippen molar-refractivity contribution in [1.29, 1.82) is 0 Å². The van der Waals surface area contributed by atoms with Gasteiger partial charge < -0.3 is 0 Å². The number of nitrogens with zero attached hydrogens (tertiary/aromatic N) is 1. The minimum Gasteiger partial charge on any atom is -0.298 e. The third kappa shape index (κ3) is 1.41. The normalized spacial score (nSPS) is 29.5. The van der Waals surface area contributed by atoms with Gasteiger partial charge >= 0.3 is 0 Å². The topological polar surface area (TPSA) is 20.3 Å². The fraction of sp³-hybridized carbons (Fsp3) is 0.909. The predicted octanol–water partition coefficient (Wildman–Crippen LogP) is 1.98. The van der Waals surface area contributed by atoms with Crippen LogP contribution in [0.4, 0.5) is 0 Å². The number of carbonyl (C=O) groups is 1. The summed E-state index contributed by atoms with van der Waals surface area (Å²) in [6.45, 7) is 1.12. The first-order valence-corrected chi connectivity index (χ1v) is 5.50. The average molecular weight is 181 g/mol. The standard InChI is InChI=1S/C11H19NO/c1-12-9-5-6-10(13)11(12)7-3-2-4-8-11/h2-9H2,1H3. The molecule has 2 aliphatic rings.